The van der Waals surface area contributed by atoms with Crippen molar-refractivity contribution in [3.63, 3.8) is 0 Å². The molecule has 0 amide bonds. The van der Waals surface area contributed by atoms with Crippen molar-refractivity contribution in [2.75, 3.05) is 13.1 Å². The molecule has 3 rings (SSSR count). The van der Waals surface area contributed by atoms with Gasteiger partial charge in [0.1, 0.15) is 0 Å². The molecule has 1 unspecified atom stereocenters. The van der Waals surface area contributed by atoms with E-state index < -0.39 is 11.4 Å². The van der Waals surface area contributed by atoms with Gasteiger partial charge in [-0.05, 0) is 32.0 Å². The molecular formula is C14H16N2O4. The van der Waals surface area contributed by atoms with E-state index in [0.29, 0.717) is 31.0 Å². The van der Waals surface area contributed by atoms with E-state index in [0.717, 1.165) is 12.2 Å². The van der Waals surface area contributed by atoms with Gasteiger partial charge in [-0.2, -0.15) is 0 Å². The van der Waals surface area contributed by atoms with Gasteiger partial charge in [0.25, 0.3) is 0 Å². The number of hydrogen-bond donors (Lipinski definition) is 1. The van der Waals surface area contributed by atoms with Gasteiger partial charge in [0, 0.05) is 19.2 Å². The average molecular weight is 276 g/mol. The summed E-state index contributed by atoms with van der Waals surface area (Å²) >= 11 is 0. The summed E-state index contributed by atoms with van der Waals surface area (Å²) in [4.78, 5) is 13.3. The fourth-order valence-electron chi connectivity index (χ4n) is 2.52. The quantitative estimate of drug-likeness (QED) is 0.922. The highest BCUT2D eigenvalue weighted by atomic mass is 16.5. The normalized spacial score (nSPS) is 23.2. The summed E-state index contributed by atoms with van der Waals surface area (Å²) in [7, 11) is 0. The summed E-state index contributed by atoms with van der Waals surface area (Å²) in [5.41, 5.74) is 0.124. The minimum atomic E-state index is -0.739. The number of nitrogens with zero attached hydrogens (tertiary/aromatic N) is 2. The summed E-state index contributed by atoms with van der Waals surface area (Å²) in [5, 5.41) is 13.2. The molecule has 20 heavy (non-hydrogen) atoms. The number of furan rings is 1. The number of carbonyl (C=O) groups is 1. The van der Waals surface area contributed by atoms with Crippen LogP contribution in [0.15, 0.2) is 33.4 Å². The van der Waals surface area contributed by atoms with Crippen molar-refractivity contribution >= 4 is 5.97 Å². The fraction of sp³-hybridized carbons (Fsp3) is 0.429. The molecule has 0 aliphatic carbocycles. The molecule has 1 atom stereocenters. The average Bonchev–Trinajstić information content (AvgIpc) is 3.10. The topological polar surface area (TPSA) is 79.7 Å². The first-order valence-corrected chi connectivity index (χ1v) is 6.52. The van der Waals surface area contributed by atoms with Crippen molar-refractivity contribution in [3.05, 3.63) is 30.2 Å². The number of likely N-dealkylation sites (tertiary alicyclic amines) is 1. The van der Waals surface area contributed by atoms with Crippen LogP contribution < -0.4 is 0 Å². The van der Waals surface area contributed by atoms with Crippen LogP contribution in [0.25, 0.3) is 11.5 Å². The van der Waals surface area contributed by atoms with Crippen molar-refractivity contribution in [2.24, 2.45) is 5.41 Å². The molecule has 0 radical (unpaired) electrons. The predicted octanol–water partition coefficient (Wildman–Crippen LogP) is 2.23. The minimum Gasteiger partial charge on any atom is -0.481 e. The zero-order valence-electron chi connectivity index (χ0n) is 11.2. The molecule has 0 bridgehead atoms. The van der Waals surface area contributed by atoms with Crippen LogP contribution in [0.4, 0.5) is 0 Å². The van der Waals surface area contributed by atoms with Gasteiger partial charge in [0.2, 0.25) is 5.76 Å². The zero-order valence-corrected chi connectivity index (χ0v) is 11.2. The molecule has 3 heterocycles. The predicted molar refractivity (Wildman–Crippen MR) is 69.8 cm³/mol. The Kier molecular flexibility index (Phi) is 3.10. The molecule has 1 saturated heterocycles. The third kappa shape index (κ3) is 2.34. The van der Waals surface area contributed by atoms with E-state index in [1.807, 2.05) is 12.1 Å². The smallest absolute Gasteiger partial charge is 0.310 e. The highest BCUT2D eigenvalue weighted by molar-refractivity contribution is 5.74. The van der Waals surface area contributed by atoms with Crippen LogP contribution in [0.2, 0.25) is 0 Å². The Morgan fingerprint density at radius 2 is 2.40 bits per heavy atom. The van der Waals surface area contributed by atoms with Crippen LogP contribution in [-0.2, 0) is 11.3 Å². The highest BCUT2D eigenvalue weighted by Gasteiger charge is 2.40. The summed E-state index contributed by atoms with van der Waals surface area (Å²) < 4.78 is 10.5. The first-order chi connectivity index (χ1) is 9.57. The molecule has 106 valence electrons. The number of rotatable bonds is 4. The molecule has 2 aromatic rings. The van der Waals surface area contributed by atoms with Gasteiger partial charge in [0.15, 0.2) is 5.76 Å². The van der Waals surface area contributed by atoms with Crippen LogP contribution in [0.1, 0.15) is 19.0 Å². The van der Waals surface area contributed by atoms with E-state index in [1.165, 1.54) is 0 Å². The first-order valence-electron chi connectivity index (χ1n) is 6.52. The molecule has 0 aromatic carbocycles. The molecule has 1 N–H and O–H groups in total. The van der Waals surface area contributed by atoms with Crippen LogP contribution in [-0.4, -0.2) is 34.2 Å². The Balaban J connectivity index is 1.66. The lowest BCUT2D eigenvalue weighted by atomic mass is 9.90. The van der Waals surface area contributed by atoms with Gasteiger partial charge in [0.05, 0.1) is 17.4 Å². The van der Waals surface area contributed by atoms with E-state index in [1.54, 1.807) is 19.3 Å². The molecule has 2 aromatic heterocycles. The van der Waals surface area contributed by atoms with E-state index in [2.05, 4.69) is 10.1 Å². The van der Waals surface area contributed by atoms with Crippen LogP contribution in [0.5, 0.6) is 0 Å². The van der Waals surface area contributed by atoms with Crippen molar-refractivity contribution in [3.8, 4) is 11.5 Å². The standard InChI is InChI=1S/C14H16N2O4/c1-14(13(17)18)4-5-16(9-14)8-10-7-12(20-15-10)11-3-2-6-19-11/h2-3,6-7H,4-5,8-9H2,1H3,(H,17,18). The Morgan fingerprint density at radius 3 is 3.05 bits per heavy atom. The van der Waals surface area contributed by atoms with Gasteiger partial charge < -0.3 is 14.0 Å². The third-order valence-electron chi connectivity index (χ3n) is 3.78. The van der Waals surface area contributed by atoms with Crippen molar-refractivity contribution < 1.29 is 18.8 Å². The van der Waals surface area contributed by atoms with Crippen LogP contribution in [0.3, 0.4) is 0 Å². The van der Waals surface area contributed by atoms with Gasteiger partial charge in [-0.15, -0.1) is 0 Å². The molecule has 1 aliphatic heterocycles. The molecule has 6 nitrogen and oxygen atoms in total. The Labute approximate surface area is 116 Å². The van der Waals surface area contributed by atoms with Gasteiger partial charge in [-0.1, -0.05) is 5.16 Å². The van der Waals surface area contributed by atoms with E-state index in [9.17, 15) is 9.90 Å². The first kappa shape index (κ1) is 12.9. The summed E-state index contributed by atoms with van der Waals surface area (Å²) in [6.45, 7) is 3.66. The highest BCUT2D eigenvalue weighted by Crippen LogP contribution is 2.31. The maximum absolute atomic E-state index is 11.2. The summed E-state index contributed by atoms with van der Waals surface area (Å²) in [6, 6.07) is 5.42. The number of aromatic nitrogens is 1. The van der Waals surface area contributed by atoms with Crippen molar-refractivity contribution in [1.29, 1.82) is 0 Å². The fourth-order valence-corrected chi connectivity index (χ4v) is 2.52. The molecule has 0 spiro atoms. The zero-order chi connectivity index (χ0) is 14.2. The Bertz CT molecular complexity index is 604. The second-order valence-electron chi connectivity index (χ2n) is 5.49. The largest absolute Gasteiger partial charge is 0.481 e. The van der Waals surface area contributed by atoms with Crippen molar-refractivity contribution in [1.82, 2.24) is 10.1 Å². The molecular weight excluding hydrogens is 260 g/mol. The maximum atomic E-state index is 11.2. The lowest BCUT2D eigenvalue weighted by molar-refractivity contribution is -0.147. The lowest BCUT2D eigenvalue weighted by Crippen LogP contribution is -2.31. The summed E-state index contributed by atoms with van der Waals surface area (Å²) in [6.07, 6.45) is 2.24. The van der Waals surface area contributed by atoms with E-state index in [4.69, 9.17) is 8.94 Å². The van der Waals surface area contributed by atoms with Crippen LogP contribution in [0, 0.1) is 5.41 Å². The number of hydrogen-bond acceptors (Lipinski definition) is 5. The maximum Gasteiger partial charge on any atom is 0.310 e. The second-order valence-corrected chi connectivity index (χ2v) is 5.49. The van der Waals surface area contributed by atoms with Gasteiger partial charge >= 0.3 is 5.97 Å². The van der Waals surface area contributed by atoms with Gasteiger partial charge in [-0.3, -0.25) is 9.69 Å². The van der Waals surface area contributed by atoms with Crippen LogP contribution >= 0.6 is 0 Å². The third-order valence-corrected chi connectivity index (χ3v) is 3.78. The molecule has 1 fully saturated rings. The van der Waals surface area contributed by atoms with E-state index in [-0.39, 0.29) is 0 Å². The SMILES string of the molecule is CC1(C(=O)O)CCN(Cc2cc(-c3ccco3)on2)C1. The monoisotopic (exact) mass is 276 g/mol. The number of aliphatic carboxylic acids is 1. The number of carboxylic acids is 1. The molecule has 0 saturated carbocycles. The number of carboxylic acid groups (broad SMARTS) is 1. The molecule has 6 heteroatoms. The van der Waals surface area contributed by atoms with Crippen molar-refractivity contribution in [2.45, 2.75) is 19.9 Å². The van der Waals surface area contributed by atoms with Gasteiger partial charge in [-0.25, -0.2) is 0 Å². The Morgan fingerprint density at radius 1 is 1.55 bits per heavy atom. The lowest BCUT2D eigenvalue weighted by Gasteiger charge is -2.18. The van der Waals surface area contributed by atoms with E-state index >= 15 is 0 Å². The Hall–Kier alpha value is -2.08. The second kappa shape index (κ2) is 4.79. The summed E-state index contributed by atoms with van der Waals surface area (Å²) in [5.74, 6) is 0.488. The minimum absolute atomic E-state index is 0.533. The molecule has 1 aliphatic rings.